The normalized spacial score (nSPS) is 4.25. The Bertz CT molecular complexity index is 47.8. The van der Waals surface area contributed by atoms with Crippen molar-refractivity contribution in [1.82, 2.24) is 0 Å². The summed E-state index contributed by atoms with van der Waals surface area (Å²) < 4.78 is 4.11. The van der Waals surface area contributed by atoms with Crippen LogP contribution < -0.4 is 0 Å². The third kappa shape index (κ3) is 33.0. The van der Waals surface area contributed by atoms with Gasteiger partial charge in [0.05, 0.1) is 7.11 Å². The van der Waals surface area contributed by atoms with Gasteiger partial charge in [0.2, 0.25) is 0 Å². The third-order valence-electron chi connectivity index (χ3n) is 0.287. The maximum atomic E-state index is 9.59. The number of hydrogen-bond donors (Lipinski definition) is 0. The molecular formula is C3H9Cl3O2. The van der Waals surface area contributed by atoms with E-state index in [1.165, 1.54) is 14.0 Å². The van der Waals surface area contributed by atoms with E-state index >= 15 is 0 Å². The number of halogens is 3. The zero-order valence-electron chi connectivity index (χ0n) is 4.54. The lowest BCUT2D eigenvalue weighted by Gasteiger charge is -1.80. The highest BCUT2D eigenvalue weighted by Gasteiger charge is 1.75. The van der Waals surface area contributed by atoms with E-state index in [2.05, 4.69) is 4.74 Å². The van der Waals surface area contributed by atoms with E-state index in [0.29, 0.717) is 0 Å². The van der Waals surface area contributed by atoms with Gasteiger partial charge in [-0.3, -0.25) is 4.79 Å². The number of carbonyl (C=O) groups is 1. The van der Waals surface area contributed by atoms with Crippen LogP contribution in [0.4, 0.5) is 0 Å². The van der Waals surface area contributed by atoms with E-state index in [0.717, 1.165) is 0 Å². The van der Waals surface area contributed by atoms with Crippen molar-refractivity contribution in [2.45, 2.75) is 6.92 Å². The average Bonchev–Trinajstić information content (AvgIpc) is 1.38. The molecule has 0 aromatic heterocycles. The maximum absolute atomic E-state index is 9.59. The van der Waals surface area contributed by atoms with Gasteiger partial charge in [-0.25, -0.2) is 0 Å². The molecule has 2 nitrogen and oxygen atoms in total. The molecule has 0 fully saturated rings. The summed E-state index contributed by atoms with van der Waals surface area (Å²) in [6.07, 6.45) is 0. The van der Waals surface area contributed by atoms with E-state index in [-0.39, 0.29) is 43.2 Å². The molecule has 0 aliphatic carbocycles. The van der Waals surface area contributed by atoms with Crippen molar-refractivity contribution in [1.29, 1.82) is 0 Å². The molecule has 0 saturated heterocycles. The largest absolute Gasteiger partial charge is 0.469 e. The van der Waals surface area contributed by atoms with Crippen LogP contribution in [0.15, 0.2) is 0 Å². The molecule has 0 atom stereocenters. The Morgan fingerprint density at radius 1 is 1.25 bits per heavy atom. The van der Waals surface area contributed by atoms with Crippen LogP contribution in [0.5, 0.6) is 0 Å². The van der Waals surface area contributed by atoms with Gasteiger partial charge < -0.3 is 4.74 Å². The van der Waals surface area contributed by atoms with E-state index in [9.17, 15) is 4.79 Å². The Kier molecular flexibility index (Phi) is 46.7. The standard InChI is InChI=1S/C3H6O2.3ClH/c1-3(4)5-2;;;/h1-2H3;3*1H. The molecule has 0 saturated carbocycles. The molecule has 5 heteroatoms. The van der Waals surface area contributed by atoms with Crippen LogP contribution in [0.1, 0.15) is 6.92 Å². The van der Waals surface area contributed by atoms with E-state index in [1.54, 1.807) is 0 Å². The smallest absolute Gasteiger partial charge is 0.302 e. The van der Waals surface area contributed by atoms with Gasteiger partial charge in [-0.05, 0) is 0 Å². The molecule has 0 radical (unpaired) electrons. The van der Waals surface area contributed by atoms with Crippen molar-refractivity contribution in [3.63, 3.8) is 0 Å². The molecule has 54 valence electrons. The summed E-state index contributed by atoms with van der Waals surface area (Å²) in [7, 11) is 1.35. The summed E-state index contributed by atoms with van der Waals surface area (Å²) in [6.45, 7) is 1.36. The van der Waals surface area contributed by atoms with Crippen LogP contribution in [0.2, 0.25) is 0 Å². The molecule has 0 aliphatic heterocycles. The van der Waals surface area contributed by atoms with Crippen molar-refractivity contribution in [2.24, 2.45) is 0 Å². The first kappa shape index (κ1) is 23.9. The highest BCUT2D eigenvalue weighted by Crippen LogP contribution is 1.60. The van der Waals surface area contributed by atoms with Crippen molar-refractivity contribution >= 4 is 43.2 Å². The van der Waals surface area contributed by atoms with Gasteiger partial charge in [-0.2, -0.15) is 0 Å². The fourth-order valence-electron chi connectivity index (χ4n) is 0. The lowest BCUT2D eigenvalue weighted by molar-refractivity contribution is -0.137. The lowest BCUT2D eigenvalue weighted by Crippen LogP contribution is -1.88. The minimum absolute atomic E-state index is 0. The molecule has 0 rings (SSSR count). The van der Waals surface area contributed by atoms with Crippen LogP contribution in [0, 0.1) is 0 Å². The second-order valence-electron chi connectivity index (χ2n) is 0.696. The van der Waals surface area contributed by atoms with Gasteiger partial charge in [-0.15, -0.1) is 37.2 Å². The van der Waals surface area contributed by atoms with Gasteiger partial charge in [0.1, 0.15) is 0 Å². The van der Waals surface area contributed by atoms with Crippen LogP contribution in [-0.4, -0.2) is 13.1 Å². The first-order valence-corrected chi connectivity index (χ1v) is 1.32. The van der Waals surface area contributed by atoms with Crippen LogP contribution >= 0.6 is 37.2 Å². The Morgan fingerprint density at radius 3 is 1.38 bits per heavy atom. The molecule has 0 heterocycles. The summed E-state index contributed by atoms with van der Waals surface area (Å²) in [4.78, 5) is 9.59. The highest BCUT2D eigenvalue weighted by molar-refractivity contribution is 5.86. The number of methoxy groups -OCH3 is 1. The number of ether oxygens (including phenoxy) is 1. The third-order valence-corrected chi connectivity index (χ3v) is 0.287. The molecule has 0 N–H and O–H groups in total. The predicted octanol–water partition coefficient (Wildman–Crippen LogP) is 1.44. The number of carbonyl (C=O) groups excluding carboxylic acids is 1. The summed E-state index contributed by atoms with van der Waals surface area (Å²) in [5, 5.41) is 0. The molecule has 0 unspecified atom stereocenters. The van der Waals surface area contributed by atoms with Crippen molar-refractivity contribution in [3.8, 4) is 0 Å². The summed E-state index contributed by atoms with van der Waals surface area (Å²) in [6, 6.07) is 0. The Morgan fingerprint density at radius 2 is 1.38 bits per heavy atom. The number of hydrogen-bond acceptors (Lipinski definition) is 2. The average molecular weight is 183 g/mol. The zero-order chi connectivity index (χ0) is 4.28. The van der Waals surface area contributed by atoms with Crippen LogP contribution in [-0.2, 0) is 9.53 Å². The monoisotopic (exact) mass is 182 g/mol. The molecule has 0 aromatic rings. The van der Waals surface area contributed by atoms with E-state index in [4.69, 9.17) is 0 Å². The second kappa shape index (κ2) is 15.7. The van der Waals surface area contributed by atoms with Gasteiger partial charge in [0, 0.05) is 6.92 Å². The number of esters is 1. The minimum atomic E-state index is -0.245. The fraction of sp³-hybridized carbons (Fsp3) is 0.667. The molecule has 0 spiro atoms. The molecule has 0 amide bonds. The minimum Gasteiger partial charge on any atom is -0.469 e. The summed E-state index contributed by atoms with van der Waals surface area (Å²) in [5.74, 6) is -0.245. The Balaban J connectivity index is -0.0000000267. The first-order valence-electron chi connectivity index (χ1n) is 1.32. The van der Waals surface area contributed by atoms with Crippen molar-refractivity contribution in [2.75, 3.05) is 7.11 Å². The van der Waals surface area contributed by atoms with Gasteiger partial charge >= 0.3 is 5.97 Å². The van der Waals surface area contributed by atoms with Crippen LogP contribution in [0.3, 0.4) is 0 Å². The first-order chi connectivity index (χ1) is 2.27. The van der Waals surface area contributed by atoms with Gasteiger partial charge in [0.15, 0.2) is 0 Å². The molecule has 0 aromatic carbocycles. The quantitative estimate of drug-likeness (QED) is 0.531. The summed E-state index contributed by atoms with van der Waals surface area (Å²) in [5.41, 5.74) is 0. The Labute approximate surface area is 67.2 Å². The SMILES string of the molecule is COC(C)=O.Cl.Cl.Cl. The topological polar surface area (TPSA) is 26.3 Å². The van der Waals surface area contributed by atoms with Gasteiger partial charge in [0.25, 0.3) is 0 Å². The van der Waals surface area contributed by atoms with Gasteiger partial charge in [-0.1, -0.05) is 0 Å². The van der Waals surface area contributed by atoms with E-state index in [1.807, 2.05) is 0 Å². The zero-order valence-corrected chi connectivity index (χ0v) is 6.99. The summed E-state index contributed by atoms with van der Waals surface area (Å²) >= 11 is 0. The van der Waals surface area contributed by atoms with E-state index < -0.39 is 0 Å². The molecule has 0 aliphatic rings. The van der Waals surface area contributed by atoms with Crippen LogP contribution in [0.25, 0.3) is 0 Å². The fourth-order valence-corrected chi connectivity index (χ4v) is 0. The van der Waals surface area contributed by atoms with Crippen molar-refractivity contribution in [3.05, 3.63) is 0 Å². The lowest BCUT2D eigenvalue weighted by atomic mass is 10.8. The van der Waals surface area contributed by atoms with Crippen molar-refractivity contribution < 1.29 is 9.53 Å². The number of rotatable bonds is 0. The Hall–Kier alpha value is 0.340. The molecular weight excluding hydrogens is 174 g/mol. The predicted molar refractivity (Wildman–Crippen MR) is 39.4 cm³/mol. The molecule has 8 heavy (non-hydrogen) atoms. The maximum Gasteiger partial charge on any atom is 0.302 e. The molecule has 0 bridgehead atoms. The highest BCUT2D eigenvalue weighted by atomic mass is 35.5. The second-order valence-corrected chi connectivity index (χ2v) is 0.696.